The molecule has 20 heavy (non-hydrogen) atoms. The van der Waals surface area contributed by atoms with Crippen molar-refractivity contribution in [3.8, 4) is 0 Å². The minimum Gasteiger partial charge on any atom is -0.396 e. The molecule has 0 saturated carbocycles. The standard InChI is InChI=1S/C18H20OS/c1-13-5-4-6-14(9-13)15(11-19)10-16-12-20-18-8-3-2-7-17(16)18/h2-9,15-16,19H,10-12H2,1H3. The Morgan fingerprint density at radius 2 is 2.05 bits per heavy atom. The second kappa shape index (κ2) is 6.02. The normalized spacial score (nSPS) is 18.8. The molecule has 1 N–H and O–H groups in total. The highest BCUT2D eigenvalue weighted by Crippen LogP contribution is 2.43. The van der Waals surface area contributed by atoms with Crippen LogP contribution in [-0.2, 0) is 0 Å². The van der Waals surface area contributed by atoms with Gasteiger partial charge < -0.3 is 5.11 Å². The molecule has 1 aliphatic heterocycles. The Morgan fingerprint density at radius 3 is 2.85 bits per heavy atom. The van der Waals surface area contributed by atoms with Crippen LogP contribution in [0.1, 0.15) is 34.9 Å². The third-order valence-electron chi connectivity index (χ3n) is 4.10. The van der Waals surface area contributed by atoms with E-state index < -0.39 is 0 Å². The fourth-order valence-electron chi connectivity index (χ4n) is 3.01. The van der Waals surface area contributed by atoms with Crippen molar-refractivity contribution in [3.63, 3.8) is 0 Å². The minimum atomic E-state index is 0.229. The Labute approximate surface area is 125 Å². The SMILES string of the molecule is Cc1cccc(C(CO)CC2CSc3ccccc32)c1. The number of thioether (sulfide) groups is 1. The molecule has 0 bridgehead atoms. The number of aliphatic hydroxyl groups excluding tert-OH is 1. The maximum atomic E-state index is 9.77. The van der Waals surface area contributed by atoms with Gasteiger partial charge in [0, 0.05) is 23.2 Å². The average molecular weight is 284 g/mol. The van der Waals surface area contributed by atoms with Gasteiger partial charge in [-0.05, 0) is 36.5 Å². The van der Waals surface area contributed by atoms with Crippen LogP contribution >= 0.6 is 11.8 Å². The van der Waals surface area contributed by atoms with Gasteiger partial charge in [-0.15, -0.1) is 11.8 Å². The Balaban J connectivity index is 1.80. The lowest BCUT2D eigenvalue weighted by Crippen LogP contribution is -2.10. The summed E-state index contributed by atoms with van der Waals surface area (Å²) >= 11 is 1.95. The molecule has 0 aliphatic carbocycles. The first-order valence-electron chi connectivity index (χ1n) is 7.17. The summed E-state index contributed by atoms with van der Waals surface area (Å²) in [5, 5.41) is 9.77. The number of aryl methyl sites for hydroxylation is 1. The van der Waals surface area contributed by atoms with Gasteiger partial charge >= 0.3 is 0 Å². The van der Waals surface area contributed by atoms with Crippen LogP contribution in [0.3, 0.4) is 0 Å². The first-order chi connectivity index (χ1) is 9.78. The largest absolute Gasteiger partial charge is 0.396 e. The monoisotopic (exact) mass is 284 g/mol. The zero-order valence-corrected chi connectivity index (χ0v) is 12.6. The number of hydrogen-bond acceptors (Lipinski definition) is 2. The molecular weight excluding hydrogens is 264 g/mol. The second-order valence-corrected chi connectivity index (χ2v) is 6.64. The number of hydrogen-bond donors (Lipinski definition) is 1. The van der Waals surface area contributed by atoms with Gasteiger partial charge in [-0.1, -0.05) is 48.0 Å². The van der Waals surface area contributed by atoms with Crippen molar-refractivity contribution in [2.24, 2.45) is 0 Å². The Morgan fingerprint density at radius 1 is 1.20 bits per heavy atom. The van der Waals surface area contributed by atoms with E-state index in [9.17, 15) is 5.11 Å². The first kappa shape index (κ1) is 13.7. The summed E-state index contributed by atoms with van der Waals surface area (Å²) in [4.78, 5) is 1.42. The van der Waals surface area contributed by atoms with Gasteiger partial charge in [-0.2, -0.15) is 0 Å². The van der Waals surface area contributed by atoms with E-state index >= 15 is 0 Å². The van der Waals surface area contributed by atoms with E-state index in [4.69, 9.17) is 0 Å². The highest BCUT2D eigenvalue weighted by molar-refractivity contribution is 7.99. The maximum absolute atomic E-state index is 9.77. The molecule has 0 fully saturated rings. The fourth-order valence-corrected chi connectivity index (χ4v) is 4.28. The quantitative estimate of drug-likeness (QED) is 0.900. The molecule has 0 spiro atoms. The van der Waals surface area contributed by atoms with Gasteiger partial charge in [0.2, 0.25) is 0 Å². The van der Waals surface area contributed by atoms with E-state index in [0.717, 1.165) is 12.2 Å². The lowest BCUT2D eigenvalue weighted by molar-refractivity contribution is 0.255. The Hall–Kier alpha value is -1.25. The molecule has 2 atom stereocenters. The Kier molecular flexibility index (Phi) is 4.13. The second-order valence-electron chi connectivity index (χ2n) is 5.58. The zero-order valence-electron chi connectivity index (χ0n) is 11.8. The highest BCUT2D eigenvalue weighted by atomic mass is 32.2. The summed E-state index contributed by atoms with van der Waals surface area (Å²) in [6.45, 7) is 2.34. The van der Waals surface area contributed by atoms with Crippen LogP contribution in [0, 0.1) is 6.92 Å². The molecule has 0 amide bonds. The van der Waals surface area contributed by atoms with Gasteiger partial charge in [0.1, 0.15) is 0 Å². The molecule has 1 nitrogen and oxygen atoms in total. The summed E-state index contributed by atoms with van der Waals surface area (Å²) in [5.41, 5.74) is 3.99. The van der Waals surface area contributed by atoms with Crippen molar-refractivity contribution in [2.75, 3.05) is 12.4 Å². The van der Waals surface area contributed by atoms with Crippen LogP contribution < -0.4 is 0 Å². The third-order valence-corrected chi connectivity index (χ3v) is 5.35. The van der Waals surface area contributed by atoms with Crippen LogP contribution in [0.4, 0.5) is 0 Å². The van der Waals surface area contributed by atoms with Crippen molar-refractivity contribution >= 4 is 11.8 Å². The lowest BCUT2D eigenvalue weighted by Gasteiger charge is -2.20. The van der Waals surface area contributed by atoms with Crippen LogP contribution in [0.5, 0.6) is 0 Å². The van der Waals surface area contributed by atoms with Crippen LogP contribution in [0.25, 0.3) is 0 Å². The summed E-state index contributed by atoms with van der Waals surface area (Å²) in [6, 6.07) is 17.2. The highest BCUT2D eigenvalue weighted by Gasteiger charge is 2.26. The molecule has 1 aliphatic rings. The fraction of sp³-hybridized carbons (Fsp3) is 0.333. The maximum Gasteiger partial charge on any atom is 0.0499 e. The van der Waals surface area contributed by atoms with Gasteiger partial charge in [-0.3, -0.25) is 0 Å². The molecule has 0 radical (unpaired) electrons. The summed E-state index contributed by atoms with van der Waals surface area (Å²) in [7, 11) is 0. The van der Waals surface area contributed by atoms with Crippen molar-refractivity contribution in [3.05, 3.63) is 65.2 Å². The van der Waals surface area contributed by atoms with Crippen LogP contribution in [0.15, 0.2) is 53.4 Å². The van der Waals surface area contributed by atoms with Crippen molar-refractivity contribution in [2.45, 2.75) is 30.1 Å². The lowest BCUT2D eigenvalue weighted by atomic mass is 9.86. The van der Waals surface area contributed by atoms with Gasteiger partial charge in [0.15, 0.2) is 0 Å². The molecule has 2 aromatic carbocycles. The number of benzene rings is 2. The van der Waals surface area contributed by atoms with E-state index in [2.05, 4.69) is 55.5 Å². The number of aliphatic hydroxyl groups is 1. The predicted molar refractivity (Wildman–Crippen MR) is 85.5 cm³/mol. The molecule has 3 rings (SSSR count). The number of fused-ring (bicyclic) bond motifs is 1. The van der Waals surface area contributed by atoms with Crippen LogP contribution in [-0.4, -0.2) is 17.5 Å². The van der Waals surface area contributed by atoms with Crippen molar-refractivity contribution in [1.29, 1.82) is 0 Å². The average Bonchev–Trinajstić information content (AvgIpc) is 2.88. The molecular formula is C18H20OS. The topological polar surface area (TPSA) is 20.2 Å². The predicted octanol–water partition coefficient (Wildman–Crippen LogP) is 4.35. The smallest absolute Gasteiger partial charge is 0.0499 e. The zero-order chi connectivity index (χ0) is 13.9. The minimum absolute atomic E-state index is 0.229. The van der Waals surface area contributed by atoms with Gasteiger partial charge in [0.05, 0.1) is 0 Å². The molecule has 2 aromatic rings. The van der Waals surface area contributed by atoms with E-state index in [1.807, 2.05) is 11.8 Å². The number of rotatable bonds is 4. The molecule has 104 valence electrons. The molecule has 0 aromatic heterocycles. The molecule has 0 saturated heterocycles. The Bertz CT molecular complexity index is 593. The van der Waals surface area contributed by atoms with E-state index in [0.29, 0.717) is 5.92 Å². The van der Waals surface area contributed by atoms with E-state index in [-0.39, 0.29) is 12.5 Å². The summed E-state index contributed by atoms with van der Waals surface area (Å²) in [5.74, 6) is 1.95. The van der Waals surface area contributed by atoms with E-state index in [1.165, 1.54) is 21.6 Å². The van der Waals surface area contributed by atoms with Gasteiger partial charge in [0.25, 0.3) is 0 Å². The summed E-state index contributed by atoms with van der Waals surface area (Å²) < 4.78 is 0. The molecule has 1 heterocycles. The van der Waals surface area contributed by atoms with Crippen molar-refractivity contribution < 1.29 is 5.11 Å². The first-order valence-corrected chi connectivity index (χ1v) is 8.15. The van der Waals surface area contributed by atoms with Crippen LogP contribution in [0.2, 0.25) is 0 Å². The van der Waals surface area contributed by atoms with Gasteiger partial charge in [-0.25, -0.2) is 0 Å². The van der Waals surface area contributed by atoms with Crippen molar-refractivity contribution in [1.82, 2.24) is 0 Å². The molecule has 2 unspecified atom stereocenters. The third kappa shape index (κ3) is 2.77. The summed E-state index contributed by atoms with van der Waals surface area (Å²) in [6.07, 6.45) is 1.03. The van der Waals surface area contributed by atoms with E-state index in [1.54, 1.807) is 0 Å². The molecule has 2 heteroatoms.